The fraction of sp³-hybridized carbons (Fsp3) is 0.320. The van der Waals surface area contributed by atoms with Gasteiger partial charge in [0, 0.05) is 49.1 Å². The molecule has 10 nitrogen and oxygen atoms in total. The summed E-state index contributed by atoms with van der Waals surface area (Å²) in [6, 6.07) is 8.52. The number of nitrogens with zero attached hydrogens (tertiary/aromatic N) is 6. The fourth-order valence-corrected chi connectivity index (χ4v) is 4.38. The lowest BCUT2D eigenvalue weighted by atomic mass is 10.0. The van der Waals surface area contributed by atoms with E-state index in [-0.39, 0.29) is 24.1 Å². The van der Waals surface area contributed by atoms with E-state index in [1.54, 1.807) is 40.9 Å². The summed E-state index contributed by atoms with van der Waals surface area (Å²) in [6.45, 7) is 2.79. The van der Waals surface area contributed by atoms with Gasteiger partial charge >= 0.3 is 0 Å². The van der Waals surface area contributed by atoms with Gasteiger partial charge < -0.3 is 15.7 Å². The van der Waals surface area contributed by atoms with Gasteiger partial charge in [-0.25, -0.2) is 9.97 Å². The van der Waals surface area contributed by atoms with E-state index < -0.39 is 6.04 Å². The Bertz CT molecular complexity index is 1460. The van der Waals surface area contributed by atoms with Crippen LogP contribution in [0.2, 0.25) is 0 Å². The minimum atomic E-state index is -0.415. The highest BCUT2D eigenvalue weighted by molar-refractivity contribution is 5.96. The van der Waals surface area contributed by atoms with Crippen LogP contribution in [-0.4, -0.2) is 66.0 Å². The monoisotopic (exact) mass is 473 g/mol. The zero-order valence-corrected chi connectivity index (χ0v) is 19.6. The third kappa shape index (κ3) is 4.22. The van der Waals surface area contributed by atoms with Crippen LogP contribution in [0.5, 0.6) is 0 Å². The predicted molar refractivity (Wildman–Crippen MR) is 132 cm³/mol. The number of hydrogen-bond acceptors (Lipinski definition) is 7. The molecule has 4 aromatic rings. The highest BCUT2D eigenvalue weighted by Crippen LogP contribution is 2.29. The van der Waals surface area contributed by atoms with E-state index in [1.807, 2.05) is 25.4 Å². The van der Waals surface area contributed by atoms with Gasteiger partial charge in [-0.05, 0) is 31.5 Å². The third-order valence-corrected chi connectivity index (χ3v) is 6.43. The van der Waals surface area contributed by atoms with E-state index in [1.165, 1.54) is 10.9 Å². The van der Waals surface area contributed by atoms with Crippen LogP contribution in [0.15, 0.2) is 53.8 Å². The number of pyridine rings is 1. The number of carbonyl (C=O) groups excluding carboxylic acids is 1. The Balaban J connectivity index is 1.61. The van der Waals surface area contributed by atoms with Crippen LogP contribution in [0.25, 0.3) is 33.4 Å². The van der Waals surface area contributed by atoms with E-state index in [2.05, 4.69) is 10.1 Å². The first-order valence-electron chi connectivity index (χ1n) is 11.5. The molecule has 0 saturated carbocycles. The van der Waals surface area contributed by atoms with Gasteiger partial charge in [0.1, 0.15) is 11.2 Å². The van der Waals surface area contributed by atoms with Crippen molar-refractivity contribution in [1.29, 1.82) is 0 Å². The van der Waals surface area contributed by atoms with Crippen molar-refractivity contribution in [2.45, 2.75) is 25.4 Å². The molecule has 0 bridgehead atoms. The lowest BCUT2D eigenvalue weighted by Crippen LogP contribution is -2.31. The number of aliphatic hydroxyl groups is 1. The van der Waals surface area contributed by atoms with Gasteiger partial charge in [-0.3, -0.25) is 18.8 Å². The van der Waals surface area contributed by atoms with Crippen LogP contribution in [0, 0.1) is 0 Å². The molecule has 1 amide bonds. The summed E-state index contributed by atoms with van der Waals surface area (Å²) in [5, 5.41) is 14.2. The molecule has 2 atom stereocenters. The molecule has 180 valence electrons. The van der Waals surface area contributed by atoms with E-state index in [9.17, 15) is 14.7 Å². The highest BCUT2D eigenvalue weighted by atomic mass is 16.3. The molecular formula is C25H27N7O3. The van der Waals surface area contributed by atoms with E-state index >= 15 is 0 Å². The summed E-state index contributed by atoms with van der Waals surface area (Å²) < 4.78 is 3.08. The molecule has 1 fully saturated rings. The van der Waals surface area contributed by atoms with E-state index in [0.717, 1.165) is 17.5 Å². The minimum absolute atomic E-state index is 0.0251. The molecule has 1 aliphatic rings. The Morgan fingerprint density at radius 3 is 2.66 bits per heavy atom. The smallest absolute Gasteiger partial charge is 0.261 e. The second-order valence-corrected chi connectivity index (χ2v) is 9.02. The van der Waals surface area contributed by atoms with Gasteiger partial charge in [0.15, 0.2) is 0 Å². The largest absolute Gasteiger partial charge is 0.394 e. The Morgan fingerprint density at radius 2 is 2.03 bits per heavy atom. The number of amides is 1. The zero-order chi connectivity index (χ0) is 24.7. The number of benzene rings is 1. The van der Waals surface area contributed by atoms with Crippen LogP contribution in [0.3, 0.4) is 0 Å². The summed E-state index contributed by atoms with van der Waals surface area (Å²) in [5.41, 5.74) is 9.34. The summed E-state index contributed by atoms with van der Waals surface area (Å²) in [5.74, 6) is -0.0444. The maximum absolute atomic E-state index is 13.3. The van der Waals surface area contributed by atoms with Gasteiger partial charge in [-0.15, -0.1) is 0 Å². The molecule has 3 aromatic heterocycles. The van der Waals surface area contributed by atoms with E-state index in [0.29, 0.717) is 40.9 Å². The van der Waals surface area contributed by atoms with Crippen molar-refractivity contribution >= 4 is 16.8 Å². The van der Waals surface area contributed by atoms with Gasteiger partial charge in [-0.2, -0.15) is 5.10 Å². The molecule has 10 heteroatoms. The van der Waals surface area contributed by atoms with Crippen molar-refractivity contribution in [3.05, 3.63) is 65.0 Å². The number of likely N-dealkylation sites (tertiary alicyclic amines) is 1. The number of aliphatic hydroxyl groups excluding tert-OH is 1. The van der Waals surface area contributed by atoms with Crippen molar-refractivity contribution in [1.82, 2.24) is 29.2 Å². The summed E-state index contributed by atoms with van der Waals surface area (Å²) in [6.07, 6.45) is 5.75. The number of aryl methyl sites for hydroxylation is 1. The first-order chi connectivity index (χ1) is 16.9. The number of rotatable bonds is 5. The van der Waals surface area contributed by atoms with Gasteiger partial charge in [0.05, 0.1) is 36.3 Å². The van der Waals surface area contributed by atoms with Crippen molar-refractivity contribution in [3.63, 3.8) is 0 Å². The van der Waals surface area contributed by atoms with Crippen molar-refractivity contribution < 1.29 is 9.90 Å². The van der Waals surface area contributed by atoms with Crippen LogP contribution >= 0.6 is 0 Å². The number of carbonyl (C=O) groups is 1. The second-order valence-electron chi connectivity index (χ2n) is 9.02. The lowest BCUT2D eigenvalue weighted by Gasteiger charge is -2.16. The lowest BCUT2D eigenvalue weighted by molar-refractivity contribution is 0.0791. The second kappa shape index (κ2) is 9.05. The predicted octanol–water partition coefficient (Wildman–Crippen LogP) is 1.59. The van der Waals surface area contributed by atoms with Crippen LogP contribution < -0.4 is 11.3 Å². The normalized spacial score (nSPS) is 16.7. The highest BCUT2D eigenvalue weighted by Gasteiger charge is 2.24. The Kier molecular flexibility index (Phi) is 5.91. The number of hydrogen-bond donors (Lipinski definition) is 2. The Hall–Kier alpha value is -3.89. The van der Waals surface area contributed by atoms with Crippen molar-refractivity contribution in [3.8, 4) is 22.5 Å². The number of nitrogens with two attached hydrogens (primary N) is 1. The molecule has 1 saturated heterocycles. The molecule has 0 aliphatic carbocycles. The SMILES string of the molecule is C[C@@H](CO)n1cnc2c(-c3cnn(C)c3)nc(-c3ccc(C(=O)N4CCC(N)C4)cc3)cc2c1=O. The zero-order valence-electron chi connectivity index (χ0n) is 19.6. The maximum atomic E-state index is 13.3. The topological polar surface area (TPSA) is 132 Å². The molecule has 0 spiro atoms. The summed E-state index contributed by atoms with van der Waals surface area (Å²) >= 11 is 0. The Morgan fingerprint density at radius 1 is 1.26 bits per heavy atom. The molecule has 5 rings (SSSR count). The molecule has 1 aromatic carbocycles. The minimum Gasteiger partial charge on any atom is -0.394 e. The molecule has 35 heavy (non-hydrogen) atoms. The molecular weight excluding hydrogens is 446 g/mol. The third-order valence-electron chi connectivity index (χ3n) is 6.43. The van der Waals surface area contributed by atoms with Gasteiger partial charge in [0.25, 0.3) is 11.5 Å². The van der Waals surface area contributed by atoms with Gasteiger partial charge in [-0.1, -0.05) is 12.1 Å². The molecule has 4 heterocycles. The molecule has 3 N–H and O–H groups in total. The number of fused-ring (bicyclic) bond motifs is 1. The molecule has 1 unspecified atom stereocenters. The van der Waals surface area contributed by atoms with Crippen LogP contribution in [-0.2, 0) is 7.05 Å². The van der Waals surface area contributed by atoms with E-state index in [4.69, 9.17) is 10.7 Å². The standard InChI is InChI=1S/C25H27N7O3/c1-15(13-33)32-14-27-23-20(25(32)35)9-21(29-22(23)18-10-28-30(2)11-18)16-3-5-17(6-4-16)24(34)31-8-7-19(26)12-31/h3-6,9-11,14-15,19,33H,7-8,12-13,26H2,1-2H3/t15-,19?/m0/s1. The number of aromatic nitrogens is 5. The summed E-state index contributed by atoms with van der Waals surface area (Å²) in [7, 11) is 1.81. The quantitative estimate of drug-likeness (QED) is 0.450. The van der Waals surface area contributed by atoms with Crippen molar-refractivity contribution in [2.75, 3.05) is 19.7 Å². The van der Waals surface area contributed by atoms with Crippen LogP contribution in [0.1, 0.15) is 29.7 Å². The molecule has 1 aliphatic heterocycles. The fourth-order valence-electron chi connectivity index (χ4n) is 4.38. The molecule has 0 radical (unpaired) electrons. The summed E-state index contributed by atoms with van der Waals surface area (Å²) in [4.78, 5) is 37.2. The first kappa shape index (κ1) is 22.9. The first-order valence-corrected chi connectivity index (χ1v) is 11.5. The average molecular weight is 474 g/mol. The maximum Gasteiger partial charge on any atom is 0.261 e. The van der Waals surface area contributed by atoms with Crippen molar-refractivity contribution in [2.24, 2.45) is 12.8 Å². The van der Waals surface area contributed by atoms with Gasteiger partial charge in [0.2, 0.25) is 0 Å². The average Bonchev–Trinajstić information content (AvgIpc) is 3.51. The van der Waals surface area contributed by atoms with Crippen LogP contribution in [0.4, 0.5) is 0 Å². The Labute approximate surface area is 201 Å².